The molecule has 0 saturated heterocycles. The van der Waals surface area contributed by atoms with Crippen molar-refractivity contribution in [3.05, 3.63) is 0 Å². The lowest BCUT2D eigenvalue weighted by molar-refractivity contribution is 0.197. The minimum Gasteiger partial charge on any atom is -0.462 e. The first-order valence-electron chi connectivity index (χ1n) is 7.04. The Labute approximate surface area is 120 Å². The summed E-state index contributed by atoms with van der Waals surface area (Å²) in [6.45, 7) is 11.5. The van der Waals surface area contributed by atoms with Crippen LogP contribution in [0.4, 0.5) is 5.95 Å². The molecular formula is C13H25N5O2. The number of anilines is 1. The fraction of sp³-hybridized carbons (Fsp3) is 0.769. The van der Waals surface area contributed by atoms with Crippen LogP contribution >= 0.6 is 0 Å². The van der Waals surface area contributed by atoms with Crippen LogP contribution < -0.4 is 14.8 Å². The van der Waals surface area contributed by atoms with Crippen LogP contribution in [0.1, 0.15) is 27.7 Å². The second kappa shape index (κ2) is 8.52. The first kappa shape index (κ1) is 16.4. The molecule has 1 heterocycles. The topological polar surface area (TPSA) is 72.4 Å². The molecule has 0 aromatic carbocycles. The summed E-state index contributed by atoms with van der Waals surface area (Å²) < 4.78 is 11.1. The van der Waals surface area contributed by atoms with Gasteiger partial charge >= 0.3 is 12.0 Å². The molecule has 0 radical (unpaired) electrons. The zero-order valence-corrected chi connectivity index (χ0v) is 13.0. The van der Waals surface area contributed by atoms with Crippen LogP contribution in [0.3, 0.4) is 0 Å². The molecule has 0 spiro atoms. The largest absolute Gasteiger partial charge is 0.462 e. The van der Waals surface area contributed by atoms with Crippen molar-refractivity contribution >= 4 is 5.95 Å². The number of nitrogens with one attached hydrogen (secondary N) is 1. The summed E-state index contributed by atoms with van der Waals surface area (Å²) in [4.78, 5) is 14.7. The van der Waals surface area contributed by atoms with Crippen molar-refractivity contribution in [1.82, 2.24) is 19.9 Å². The first-order chi connectivity index (χ1) is 9.58. The number of ether oxygens (including phenoxy) is 2. The lowest BCUT2D eigenvalue weighted by Crippen LogP contribution is -2.28. The Morgan fingerprint density at radius 1 is 1.10 bits per heavy atom. The van der Waals surface area contributed by atoms with Gasteiger partial charge < -0.3 is 19.7 Å². The van der Waals surface area contributed by atoms with Crippen molar-refractivity contribution in [2.45, 2.75) is 33.8 Å². The molecule has 114 valence electrons. The maximum absolute atomic E-state index is 5.58. The van der Waals surface area contributed by atoms with E-state index in [1.807, 2.05) is 13.8 Å². The van der Waals surface area contributed by atoms with Gasteiger partial charge in [-0.05, 0) is 26.9 Å². The van der Waals surface area contributed by atoms with Gasteiger partial charge in [0, 0.05) is 13.6 Å². The van der Waals surface area contributed by atoms with E-state index in [2.05, 4.69) is 39.0 Å². The standard InChI is InChI=1S/C13H25N5O2/c1-6-18(7-2)8-9-19-12-15-11(14-5)16-13(17-12)20-10(3)4/h10H,6-9H2,1-5H3,(H,14,15,16,17). The van der Waals surface area contributed by atoms with Gasteiger partial charge in [-0.2, -0.15) is 9.97 Å². The molecule has 7 nitrogen and oxygen atoms in total. The summed E-state index contributed by atoms with van der Waals surface area (Å²) >= 11 is 0. The number of hydrogen-bond donors (Lipinski definition) is 1. The van der Waals surface area contributed by atoms with Crippen LogP contribution in [0.5, 0.6) is 12.0 Å². The third-order valence-corrected chi connectivity index (χ3v) is 2.69. The van der Waals surface area contributed by atoms with Crippen molar-refractivity contribution in [2.24, 2.45) is 0 Å². The van der Waals surface area contributed by atoms with E-state index < -0.39 is 0 Å². The van der Waals surface area contributed by atoms with E-state index in [1.165, 1.54) is 0 Å². The van der Waals surface area contributed by atoms with Crippen molar-refractivity contribution in [1.29, 1.82) is 0 Å². The van der Waals surface area contributed by atoms with Gasteiger partial charge in [0.05, 0.1) is 6.10 Å². The van der Waals surface area contributed by atoms with Crippen LogP contribution in [-0.4, -0.2) is 59.2 Å². The van der Waals surface area contributed by atoms with Gasteiger partial charge in [0.25, 0.3) is 0 Å². The molecular weight excluding hydrogens is 258 g/mol. The third-order valence-electron chi connectivity index (χ3n) is 2.69. The predicted molar refractivity (Wildman–Crippen MR) is 78.4 cm³/mol. The Hall–Kier alpha value is -1.63. The average Bonchev–Trinajstić information content (AvgIpc) is 2.42. The summed E-state index contributed by atoms with van der Waals surface area (Å²) in [6.07, 6.45) is 0.00521. The van der Waals surface area contributed by atoms with E-state index in [1.54, 1.807) is 7.05 Å². The highest BCUT2D eigenvalue weighted by Gasteiger charge is 2.09. The van der Waals surface area contributed by atoms with Crippen LogP contribution in [0, 0.1) is 0 Å². The second-order valence-corrected chi connectivity index (χ2v) is 4.52. The first-order valence-corrected chi connectivity index (χ1v) is 7.04. The number of hydrogen-bond acceptors (Lipinski definition) is 7. The summed E-state index contributed by atoms with van der Waals surface area (Å²) in [5.74, 6) is 0.438. The van der Waals surface area contributed by atoms with Crippen LogP contribution in [0.25, 0.3) is 0 Å². The van der Waals surface area contributed by atoms with Gasteiger partial charge in [-0.25, -0.2) is 0 Å². The molecule has 0 amide bonds. The summed E-state index contributed by atoms with van der Waals surface area (Å²) in [5, 5.41) is 2.87. The lowest BCUT2D eigenvalue weighted by Gasteiger charge is -2.17. The van der Waals surface area contributed by atoms with E-state index in [-0.39, 0.29) is 18.1 Å². The molecule has 0 saturated carbocycles. The molecule has 0 unspecified atom stereocenters. The van der Waals surface area contributed by atoms with Crippen LogP contribution in [-0.2, 0) is 0 Å². The van der Waals surface area contributed by atoms with Crippen molar-refractivity contribution in [3.8, 4) is 12.0 Å². The van der Waals surface area contributed by atoms with E-state index in [0.29, 0.717) is 12.6 Å². The Morgan fingerprint density at radius 3 is 2.30 bits per heavy atom. The van der Waals surface area contributed by atoms with Crippen LogP contribution in [0.2, 0.25) is 0 Å². The molecule has 7 heteroatoms. The maximum Gasteiger partial charge on any atom is 0.324 e. The molecule has 0 aliphatic rings. The Balaban J connectivity index is 2.64. The average molecular weight is 283 g/mol. The minimum atomic E-state index is 0.00521. The third kappa shape index (κ3) is 5.56. The quantitative estimate of drug-likeness (QED) is 0.734. The minimum absolute atomic E-state index is 0.00521. The molecule has 0 atom stereocenters. The zero-order valence-electron chi connectivity index (χ0n) is 13.0. The van der Waals surface area contributed by atoms with Gasteiger partial charge in [-0.15, -0.1) is 4.98 Å². The van der Waals surface area contributed by atoms with Gasteiger partial charge in [0.1, 0.15) is 6.61 Å². The van der Waals surface area contributed by atoms with E-state index in [9.17, 15) is 0 Å². The molecule has 0 bridgehead atoms. The Morgan fingerprint density at radius 2 is 1.75 bits per heavy atom. The van der Waals surface area contributed by atoms with E-state index in [4.69, 9.17) is 9.47 Å². The molecule has 1 aromatic heterocycles. The van der Waals surface area contributed by atoms with Gasteiger partial charge in [-0.3, -0.25) is 0 Å². The maximum atomic E-state index is 5.58. The highest BCUT2D eigenvalue weighted by Crippen LogP contribution is 2.13. The highest BCUT2D eigenvalue weighted by atomic mass is 16.5. The zero-order chi connectivity index (χ0) is 15.0. The van der Waals surface area contributed by atoms with Gasteiger partial charge in [-0.1, -0.05) is 13.8 Å². The lowest BCUT2D eigenvalue weighted by atomic mass is 10.5. The molecule has 0 fully saturated rings. The second-order valence-electron chi connectivity index (χ2n) is 4.52. The Bertz CT molecular complexity index is 396. The van der Waals surface area contributed by atoms with Crippen LogP contribution in [0.15, 0.2) is 0 Å². The summed E-state index contributed by atoms with van der Waals surface area (Å²) in [7, 11) is 1.74. The van der Waals surface area contributed by atoms with Gasteiger partial charge in [0.15, 0.2) is 0 Å². The summed E-state index contributed by atoms with van der Waals surface area (Å²) in [5.41, 5.74) is 0. The molecule has 0 aliphatic heterocycles. The molecule has 1 rings (SSSR count). The van der Waals surface area contributed by atoms with Crippen molar-refractivity contribution in [2.75, 3.05) is 38.6 Å². The molecule has 20 heavy (non-hydrogen) atoms. The fourth-order valence-corrected chi connectivity index (χ4v) is 1.58. The smallest absolute Gasteiger partial charge is 0.324 e. The fourth-order valence-electron chi connectivity index (χ4n) is 1.58. The van der Waals surface area contributed by atoms with Crippen molar-refractivity contribution < 1.29 is 9.47 Å². The number of aromatic nitrogens is 3. The summed E-state index contributed by atoms with van der Waals surface area (Å²) in [6, 6.07) is 0.560. The molecule has 1 N–H and O–H groups in total. The Kier molecular flexibility index (Phi) is 7.00. The van der Waals surface area contributed by atoms with Gasteiger partial charge in [0.2, 0.25) is 5.95 Å². The number of rotatable bonds is 9. The number of nitrogens with zero attached hydrogens (tertiary/aromatic N) is 4. The van der Waals surface area contributed by atoms with E-state index in [0.717, 1.165) is 19.6 Å². The normalized spacial score (nSPS) is 10.9. The molecule has 0 aliphatic carbocycles. The predicted octanol–water partition coefficient (Wildman–Crippen LogP) is 1.42. The SMILES string of the molecule is CCN(CC)CCOc1nc(NC)nc(OC(C)C)n1. The van der Waals surface area contributed by atoms with E-state index >= 15 is 0 Å². The molecule has 1 aromatic rings. The van der Waals surface area contributed by atoms with Crippen molar-refractivity contribution in [3.63, 3.8) is 0 Å². The number of likely N-dealkylation sites (N-methyl/N-ethyl adjacent to an activating group) is 1. The monoisotopic (exact) mass is 283 g/mol. The highest BCUT2D eigenvalue weighted by molar-refractivity contribution is 5.26.